The number of hydrogen-bond acceptors (Lipinski definition) is 2. The third-order valence-electron chi connectivity index (χ3n) is 2.76. The summed E-state index contributed by atoms with van der Waals surface area (Å²) in [4.78, 5) is 11.9. The van der Waals surface area contributed by atoms with Gasteiger partial charge in [0, 0.05) is 5.56 Å². The zero-order valence-electron chi connectivity index (χ0n) is 10.6. The van der Waals surface area contributed by atoms with Crippen molar-refractivity contribution in [3.8, 4) is 5.75 Å². The highest BCUT2D eigenvalue weighted by atomic mass is 16.5. The van der Waals surface area contributed by atoms with Gasteiger partial charge in [-0.15, -0.1) is 0 Å². The molecule has 0 aromatic heterocycles. The first-order valence-electron chi connectivity index (χ1n) is 5.94. The molecule has 2 aromatic rings. The monoisotopic (exact) mass is 240 g/mol. The third kappa shape index (κ3) is 3.20. The van der Waals surface area contributed by atoms with E-state index in [0.717, 1.165) is 11.3 Å². The van der Waals surface area contributed by atoms with Crippen molar-refractivity contribution in [3.05, 3.63) is 65.2 Å². The molecule has 0 aliphatic heterocycles. The van der Waals surface area contributed by atoms with Crippen LogP contribution in [0.2, 0.25) is 0 Å². The smallest absolute Gasteiger partial charge is 0.200 e. The maximum atomic E-state index is 11.9. The first-order chi connectivity index (χ1) is 8.65. The predicted molar refractivity (Wildman–Crippen MR) is 72.2 cm³/mol. The lowest BCUT2D eigenvalue weighted by molar-refractivity contribution is 0.0921. The predicted octanol–water partition coefficient (Wildman–Crippen LogP) is 3.57. The van der Waals surface area contributed by atoms with Crippen LogP contribution in [-0.2, 0) is 0 Å². The molecule has 0 spiro atoms. The number of Topliss-reactive ketones (excluding diaryl/α,β-unsaturated/α-hetero) is 1. The van der Waals surface area contributed by atoms with Crippen molar-refractivity contribution in [1.82, 2.24) is 0 Å². The number of benzene rings is 2. The first kappa shape index (κ1) is 12.4. The Labute approximate surface area is 107 Å². The summed E-state index contributed by atoms with van der Waals surface area (Å²) in [5.74, 6) is 0.719. The summed E-state index contributed by atoms with van der Waals surface area (Å²) in [6.07, 6.45) is 0. The van der Waals surface area contributed by atoms with Crippen LogP contribution >= 0.6 is 0 Å². The molecule has 0 heterocycles. The maximum absolute atomic E-state index is 11.9. The molecular formula is C16H16O2. The van der Waals surface area contributed by atoms with Crippen LogP contribution in [-0.4, -0.2) is 12.4 Å². The lowest BCUT2D eigenvalue weighted by Crippen LogP contribution is -2.11. The highest BCUT2D eigenvalue weighted by Crippen LogP contribution is 2.12. The minimum atomic E-state index is -0.00410. The molecule has 0 unspecified atom stereocenters. The topological polar surface area (TPSA) is 26.3 Å². The van der Waals surface area contributed by atoms with E-state index in [0.29, 0.717) is 5.56 Å². The molecule has 2 nitrogen and oxygen atoms in total. The number of aryl methyl sites for hydroxylation is 2. The zero-order valence-corrected chi connectivity index (χ0v) is 10.6. The fourth-order valence-electron chi connectivity index (χ4n) is 1.61. The summed E-state index contributed by atoms with van der Waals surface area (Å²) in [7, 11) is 0. The van der Waals surface area contributed by atoms with Gasteiger partial charge in [0.1, 0.15) is 5.75 Å². The first-order valence-corrected chi connectivity index (χ1v) is 5.94. The summed E-state index contributed by atoms with van der Waals surface area (Å²) < 4.78 is 5.46. The van der Waals surface area contributed by atoms with Crippen molar-refractivity contribution in [3.63, 3.8) is 0 Å². The van der Waals surface area contributed by atoms with Gasteiger partial charge in [-0.3, -0.25) is 4.79 Å². The summed E-state index contributed by atoms with van der Waals surface area (Å²) in [5, 5.41) is 0. The van der Waals surface area contributed by atoms with Crippen LogP contribution in [0.1, 0.15) is 21.5 Å². The van der Waals surface area contributed by atoms with Crippen LogP contribution < -0.4 is 4.74 Å². The second kappa shape index (κ2) is 5.50. The summed E-state index contributed by atoms with van der Waals surface area (Å²) in [5.41, 5.74) is 3.01. The SMILES string of the molecule is Cc1ccc(OCC(=O)c2ccc(C)cc2)cc1. The quantitative estimate of drug-likeness (QED) is 0.764. The lowest BCUT2D eigenvalue weighted by atomic mass is 10.1. The number of rotatable bonds is 4. The molecular weight excluding hydrogens is 224 g/mol. The molecule has 0 aliphatic rings. The molecule has 0 N–H and O–H groups in total. The Morgan fingerprint density at radius 1 is 0.889 bits per heavy atom. The fourth-order valence-corrected chi connectivity index (χ4v) is 1.61. The molecule has 92 valence electrons. The summed E-state index contributed by atoms with van der Waals surface area (Å²) in [6, 6.07) is 15.2. The van der Waals surface area contributed by atoms with Crippen molar-refractivity contribution >= 4 is 5.78 Å². The molecule has 2 aromatic carbocycles. The second-order valence-corrected chi connectivity index (χ2v) is 4.39. The van der Waals surface area contributed by atoms with Gasteiger partial charge in [-0.2, -0.15) is 0 Å². The van der Waals surface area contributed by atoms with Gasteiger partial charge in [-0.05, 0) is 26.0 Å². The largest absolute Gasteiger partial charge is 0.485 e. The molecule has 0 aliphatic carbocycles. The fraction of sp³-hybridized carbons (Fsp3) is 0.188. The molecule has 0 radical (unpaired) electrons. The van der Waals surface area contributed by atoms with Crippen LogP contribution in [0, 0.1) is 13.8 Å². The van der Waals surface area contributed by atoms with Crippen molar-refractivity contribution in [2.45, 2.75) is 13.8 Å². The van der Waals surface area contributed by atoms with Crippen molar-refractivity contribution in [1.29, 1.82) is 0 Å². The molecule has 2 heteroatoms. The van der Waals surface area contributed by atoms with E-state index in [1.165, 1.54) is 5.56 Å². The minimum absolute atomic E-state index is 0.00410. The van der Waals surface area contributed by atoms with Gasteiger partial charge in [0.25, 0.3) is 0 Å². The molecule has 0 atom stereocenters. The molecule has 0 saturated heterocycles. The van der Waals surface area contributed by atoms with Gasteiger partial charge in [-0.1, -0.05) is 47.5 Å². The second-order valence-electron chi connectivity index (χ2n) is 4.39. The molecule has 0 saturated carbocycles. The number of carbonyl (C=O) groups excluding carboxylic acids is 1. The Morgan fingerprint density at radius 3 is 1.94 bits per heavy atom. The lowest BCUT2D eigenvalue weighted by Gasteiger charge is -2.06. The zero-order chi connectivity index (χ0) is 13.0. The summed E-state index contributed by atoms with van der Waals surface area (Å²) >= 11 is 0. The van der Waals surface area contributed by atoms with E-state index in [2.05, 4.69) is 0 Å². The number of hydrogen-bond donors (Lipinski definition) is 0. The van der Waals surface area contributed by atoms with E-state index < -0.39 is 0 Å². The van der Waals surface area contributed by atoms with Crippen molar-refractivity contribution < 1.29 is 9.53 Å². The Kier molecular flexibility index (Phi) is 3.78. The van der Waals surface area contributed by atoms with E-state index >= 15 is 0 Å². The number of carbonyl (C=O) groups is 1. The Balaban J connectivity index is 1.96. The van der Waals surface area contributed by atoms with Gasteiger partial charge in [-0.25, -0.2) is 0 Å². The van der Waals surface area contributed by atoms with Gasteiger partial charge in [0.15, 0.2) is 12.4 Å². The molecule has 2 rings (SSSR count). The van der Waals surface area contributed by atoms with Gasteiger partial charge >= 0.3 is 0 Å². The summed E-state index contributed by atoms with van der Waals surface area (Å²) in [6.45, 7) is 4.09. The van der Waals surface area contributed by atoms with Crippen LogP contribution in [0.15, 0.2) is 48.5 Å². The highest BCUT2D eigenvalue weighted by molar-refractivity contribution is 5.97. The Morgan fingerprint density at radius 2 is 1.39 bits per heavy atom. The van der Waals surface area contributed by atoms with E-state index in [-0.39, 0.29) is 12.4 Å². The average Bonchev–Trinajstić information content (AvgIpc) is 2.38. The molecule has 0 amide bonds. The van der Waals surface area contributed by atoms with E-state index in [1.54, 1.807) is 0 Å². The van der Waals surface area contributed by atoms with Gasteiger partial charge < -0.3 is 4.74 Å². The number of ketones is 1. The van der Waals surface area contributed by atoms with Crippen molar-refractivity contribution in [2.24, 2.45) is 0 Å². The Hall–Kier alpha value is -2.09. The number of ether oxygens (including phenoxy) is 1. The van der Waals surface area contributed by atoms with Gasteiger partial charge in [0.05, 0.1) is 0 Å². The van der Waals surface area contributed by atoms with E-state index in [1.807, 2.05) is 62.4 Å². The van der Waals surface area contributed by atoms with Crippen LogP contribution in [0.25, 0.3) is 0 Å². The van der Waals surface area contributed by atoms with Gasteiger partial charge in [0.2, 0.25) is 0 Å². The van der Waals surface area contributed by atoms with E-state index in [9.17, 15) is 4.79 Å². The molecule has 0 bridgehead atoms. The minimum Gasteiger partial charge on any atom is -0.485 e. The highest BCUT2D eigenvalue weighted by Gasteiger charge is 2.06. The third-order valence-corrected chi connectivity index (χ3v) is 2.76. The average molecular weight is 240 g/mol. The van der Waals surface area contributed by atoms with Crippen LogP contribution in [0.5, 0.6) is 5.75 Å². The molecule has 18 heavy (non-hydrogen) atoms. The van der Waals surface area contributed by atoms with Crippen molar-refractivity contribution in [2.75, 3.05) is 6.61 Å². The van der Waals surface area contributed by atoms with Crippen LogP contribution in [0.4, 0.5) is 0 Å². The van der Waals surface area contributed by atoms with Crippen LogP contribution in [0.3, 0.4) is 0 Å². The standard InChI is InChI=1S/C16H16O2/c1-12-3-7-14(8-4-12)16(17)11-18-15-9-5-13(2)6-10-15/h3-10H,11H2,1-2H3. The normalized spacial score (nSPS) is 10.1. The molecule has 0 fully saturated rings. The maximum Gasteiger partial charge on any atom is 0.200 e. The Bertz CT molecular complexity index is 524. The van der Waals surface area contributed by atoms with E-state index in [4.69, 9.17) is 4.74 Å².